The highest BCUT2D eigenvalue weighted by molar-refractivity contribution is 6.04. The minimum absolute atomic E-state index is 0.0327. The Morgan fingerprint density at radius 2 is 1.96 bits per heavy atom. The number of fused-ring (bicyclic) bond motifs is 1. The molecule has 1 amide bonds. The van der Waals surface area contributed by atoms with E-state index in [4.69, 9.17) is 0 Å². The minimum atomic E-state index is -0.386. The van der Waals surface area contributed by atoms with E-state index in [0.29, 0.717) is 5.69 Å². The fraction of sp³-hybridized carbons (Fsp3) is 0.278. The lowest BCUT2D eigenvalue weighted by Crippen LogP contribution is -2.45. The highest BCUT2D eigenvalue weighted by Crippen LogP contribution is 2.32. The lowest BCUT2D eigenvalue weighted by molar-refractivity contribution is 0.0961. The molecule has 1 aliphatic heterocycles. The van der Waals surface area contributed by atoms with Crippen molar-refractivity contribution in [1.29, 1.82) is 0 Å². The molecule has 6 nitrogen and oxygen atoms in total. The van der Waals surface area contributed by atoms with E-state index in [1.807, 2.05) is 17.7 Å². The van der Waals surface area contributed by atoms with Gasteiger partial charge in [0.1, 0.15) is 17.3 Å². The second-order valence-electron chi connectivity index (χ2n) is 6.34. The number of benzene rings is 1. The van der Waals surface area contributed by atoms with Crippen LogP contribution >= 0.6 is 0 Å². The average molecular weight is 339 g/mol. The van der Waals surface area contributed by atoms with Gasteiger partial charge >= 0.3 is 0 Å². The van der Waals surface area contributed by atoms with E-state index in [-0.39, 0.29) is 29.5 Å². The Balaban J connectivity index is 1.69. The number of carbonyl (C=O) groups is 1. The molecule has 25 heavy (non-hydrogen) atoms. The molecule has 1 aliphatic rings. The molecule has 0 spiro atoms. The first kappa shape index (κ1) is 15.6. The van der Waals surface area contributed by atoms with Crippen LogP contribution in [-0.2, 0) is 0 Å². The number of anilines is 1. The number of carbonyl (C=O) groups excluding carboxylic acids is 1. The molecule has 0 bridgehead atoms. The third-order valence-electron chi connectivity index (χ3n) is 4.56. The molecule has 3 aromatic rings. The molecular formula is C18H18FN5O. The molecule has 0 fully saturated rings. The van der Waals surface area contributed by atoms with Gasteiger partial charge in [0, 0.05) is 18.3 Å². The largest absolute Gasteiger partial charge is 0.289 e. The highest BCUT2D eigenvalue weighted by atomic mass is 19.1. The summed E-state index contributed by atoms with van der Waals surface area (Å²) >= 11 is 0. The number of halogens is 1. The van der Waals surface area contributed by atoms with Gasteiger partial charge in [-0.1, -0.05) is 12.1 Å². The van der Waals surface area contributed by atoms with Crippen LogP contribution in [0.3, 0.4) is 0 Å². The maximum Gasteiger partial charge on any atom is 0.280 e. The van der Waals surface area contributed by atoms with Gasteiger partial charge in [0.2, 0.25) is 0 Å². The number of hydrogen-bond donors (Lipinski definition) is 0. The maximum atomic E-state index is 13.9. The Labute approximate surface area is 144 Å². The first-order valence-electron chi connectivity index (χ1n) is 8.24. The monoisotopic (exact) mass is 339 g/mol. The number of para-hydroxylation sites is 1. The molecule has 2 aromatic heterocycles. The van der Waals surface area contributed by atoms with Gasteiger partial charge in [-0.25, -0.2) is 13.8 Å². The summed E-state index contributed by atoms with van der Waals surface area (Å²) in [4.78, 5) is 14.7. The van der Waals surface area contributed by atoms with Crippen LogP contribution in [0.5, 0.6) is 0 Å². The van der Waals surface area contributed by atoms with Crippen molar-refractivity contribution in [3.05, 3.63) is 60.3 Å². The van der Waals surface area contributed by atoms with Gasteiger partial charge in [-0.2, -0.15) is 10.2 Å². The van der Waals surface area contributed by atoms with E-state index in [0.717, 1.165) is 12.2 Å². The van der Waals surface area contributed by atoms with E-state index in [1.54, 1.807) is 41.6 Å². The molecule has 128 valence electrons. The molecule has 0 saturated heterocycles. The minimum Gasteiger partial charge on any atom is -0.289 e. The lowest BCUT2D eigenvalue weighted by atomic mass is 10.1. The molecule has 0 N–H and O–H groups in total. The van der Waals surface area contributed by atoms with Crippen LogP contribution in [0.15, 0.2) is 48.8 Å². The molecular weight excluding hydrogens is 321 g/mol. The van der Waals surface area contributed by atoms with Gasteiger partial charge in [0.05, 0.1) is 12.2 Å². The molecule has 0 unspecified atom stereocenters. The maximum absolute atomic E-state index is 13.9. The van der Waals surface area contributed by atoms with Crippen LogP contribution in [0.1, 0.15) is 36.8 Å². The molecule has 1 aromatic carbocycles. The first-order valence-corrected chi connectivity index (χ1v) is 8.24. The van der Waals surface area contributed by atoms with Crippen LogP contribution in [0.2, 0.25) is 0 Å². The van der Waals surface area contributed by atoms with Crippen LogP contribution in [0.25, 0.3) is 5.69 Å². The molecule has 4 rings (SSSR count). The van der Waals surface area contributed by atoms with Crippen LogP contribution in [-0.4, -0.2) is 31.5 Å². The molecule has 0 aliphatic carbocycles. The Hall–Kier alpha value is -2.96. The van der Waals surface area contributed by atoms with Crippen molar-refractivity contribution in [2.75, 3.05) is 4.90 Å². The highest BCUT2D eigenvalue weighted by Gasteiger charge is 2.33. The molecule has 2 atom stereocenters. The summed E-state index contributed by atoms with van der Waals surface area (Å²) in [5.74, 6) is 0.163. The fourth-order valence-corrected chi connectivity index (χ4v) is 3.40. The molecule has 0 saturated carbocycles. The number of rotatable bonds is 2. The van der Waals surface area contributed by atoms with Crippen molar-refractivity contribution < 1.29 is 9.18 Å². The van der Waals surface area contributed by atoms with Crippen molar-refractivity contribution in [1.82, 2.24) is 19.6 Å². The zero-order valence-electron chi connectivity index (χ0n) is 14.0. The Bertz CT molecular complexity index is 931. The van der Waals surface area contributed by atoms with Gasteiger partial charge < -0.3 is 0 Å². The molecule has 0 radical (unpaired) electrons. The van der Waals surface area contributed by atoms with Crippen LogP contribution in [0.4, 0.5) is 10.2 Å². The summed E-state index contributed by atoms with van der Waals surface area (Å²) in [5, 5.41) is 8.59. The Kier molecular flexibility index (Phi) is 3.63. The average Bonchev–Trinajstić information content (AvgIpc) is 3.24. The Morgan fingerprint density at radius 1 is 1.16 bits per heavy atom. The van der Waals surface area contributed by atoms with Crippen LogP contribution in [0, 0.1) is 5.82 Å². The number of nitrogens with zero attached hydrogens (tertiary/aromatic N) is 5. The fourth-order valence-electron chi connectivity index (χ4n) is 3.40. The predicted molar refractivity (Wildman–Crippen MR) is 91.3 cm³/mol. The lowest BCUT2D eigenvalue weighted by Gasteiger charge is -2.36. The second kappa shape index (κ2) is 5.84. The Morgan fingerprint density at radius 3 is 2.76 bits per heavy atom. The van der Waals surface area contributed by atoms with Crippen molar-refractivity contribution in [2.45, 2.75) is 32.4 Å². The van der Waals surface area contributed by atoms with Gasteiger partial charge in [0.15, 0.2) is 5.69 Å². The summed E-state index contributed by atoms with van der Waals surface area (Å²) < 4.78 is 17.2. The number of amides is 1. The normalized spacial score (nSPS) is 19.7. The molecule has 3 heterocycles. The smallest absolute Gasteiger partial charge is 0.280 e. The van der Waals surface area contributed by atoms with E-state index in [1.165, 1.54) is 10.7 Å². The topological polar surface area (TPSA) is 56.0 Å². The van der Waals surface area contributed by atoms with Crippen molar-refractivity contribution >= 4 is 11.7 Å². The number of hydrogen-bond acceptors (Lipinski definition) is 3. The van der Waals surface area contributed by atoms with E-state index in [2.05, 4.69) is 17.1 Å². The van der Waals surface area contributed by atoms with Crippen molar-refractivity contribution in [3.63, 3.8) is 0 Å². The summed E-state index contributed by atoms with van der Waals surface area (Å²) in [5.41, 5.74) is 0.587. The third kappa shape index (κ3) is 2.52. The van der Waals surface area contributed by atoms with Crippen LogP contribution < -0.4 is 4.90 Å². The van der Waals surface area contributed by atoms with E-state index in [9.17, 15) is 9.18 Å². The predicted octanol–water partition coefficient (Wildman–Crippen LogP) is 3.21. The van der Waals surface area contributed by atoms with E-state index >= 15 is 0 Å². The van der Waals surface area contributed by atoms with Gasteiger partial charge in [-0.05, 0) is 38.5 Å². The van der Waals surface area contributed by atoms with Gasteiger partial charge in [0.25, 0.3) is 5.91 Å². The summed E-state index contributed by atoms with van der Waals surface area (Å²) in [7, 11) is 0. The quantitative estimate of drug-likeness (QED) is 0.720. The summed E-state index contributed by atoms with van der Waals surface area (Å²) in [6, 6.07) is 10.0. The summed E-state index contributed by atoms with van der Waals surface area (Å²) in [6.45, 7) is 4.10. The van der Waals surface area contributed by atoms with E-state index < -0.39 is 0 Å². The summed E-state index contributed by atoms with van der Waals surface area (Å²) in [6.07, 6.45) is 4.11. The second-order valence-corrected chi connectivity index (χ2v) is 6.34. The van der Waals surface area contributed by atoms with Crippen molar-refractivity contribution in [3.8, 4) is 5.69 Å². The zero-order valence-corrected chi connectivity index (χ0v) is 14.0. The standard InChI is InChI=1S/C18H18FN5O/c1-12-11-13(2)24-17(7-9-20-24)23(12)18(25)15-8-10-22(21-15)16-6-4-3-5-14(16)19/h3-10,12-13H,11H2,1-2H3/t12-,13+/m0/s1. The third-order valence-corrected chi connectivity index (χ3v) is 4.56. The first-order chi connectivity index (χ1) is 12.1. The number of aromatic nitrogens is 4. The molecule has 7 heteroatoms. The van der Waals surface area contributed by atoms with Crippen molar-refractivity contribution in [2.24, 2.45) is 0 Å². The SMILES string of the molecule is C[C@@H]1C[C@H](C)N(C(=O)c2ccn(-c3ccccc3F)n2)c2ccnn21. The van der Waals surface area contributed by atoms with Gasteiger partial charge in [-0.15, -0.1) is 0 Å². The van der Waals surface area contributed by atoms with Gasteiger partial charge in [-0.3, -0.25) is 9.69 Å². The zero-order chi connectivity index (χ0) is 17.6.